The monoisotopic (exact) mass is 445 g/mol. The maximum atomic E-state index is 12.8. The van der Waals surface area contributed by atoms with E-state index in [4.69, 9.17) is 13.9 Å². The van der Waals surface area contributed by atoms with Crippen LogP contribution in [0, 0.1) is 6.92 Å². The van der Waals surface area contributed by atoms with E-state index in [0.717, 1.165) is 56.0 Å². The van der Waals surface area contributed by atoms with E-state index in [0.29, 0.717) is 17.1 Å². The number of rotatable bonds is 5. The van der Waals surface area contributed by atoms with Gasteiger partial charge in [0.15, 0.2) is 11.5 Å². The fourth-order valence-corrected chi connectivity index (χ4v) is 5.13. The van der Waals surface area contributed by atoms with E-state index >= 15 is 0 Å². The van der Waals surface area contributed by atoms with E-state index in [1.165, 1.54) is 0 Å². The molecule has 0 radical (unpaired) electrons. The van der Waals surface area contributed by atoms with Crippen molar-refractivity contribution in [3.05, 3.63) is 63.5 Å². The van der Waals surface area contributed by atoms with Crippen LogP contribution in [0.5, 0.6) is 11.5 Å². The third-order valence-electron chi connectivity index (χ3n) is 5.85. The average Bonchev–Trinajstić information content (AvgIpc) is 3.46. The Labute approximate surface area is 190 Å². The number of amides is 1. The van der Waals surface area contributed by atoms with Gasteiger partial charge >= 0.3 is 0 Å². The van der Waals surface area contributed by atoms with Crippen molar-refractivity contribution in [2.24, 2.45) is 0 Å². The molecule has 0 saturated carbocycles. The minimum absolute atomic E-state index is 0.100. The number of nitrogens with one attached hydrogen (secondary N) is 1. The number of thiophene rings is 1. The molecule has 162 valence electrons. The molecule has 4 aromatic rings. The Kier molecular flexibility index (Phi) is 5.02. The molecule has 1 amide bonds. The van der Waals surface area contributed by atoms with E-state index in [1.807, 2.05) is 41.8 Å². The van der Waals surface area contributed by atoms with Crippen LogP contribution in [0.15, 0.2) is 46.2 Å². The molecular weight excluding hydrogens is 422 g/mol. The number of methoxy groups -OCH3 is 2. The van der Waals surface area contributed by atoms with Crippen molar-refractivity contribution in [2.75, 3.05) is 19.5 Å². The Morgan fingerprint density at radius 3 is 2.66 bits per heavy atom. The molecule has 1 aliphatic heterocycles. The molecule has 2 aromatic carbocycles. The molecule has 3 heterocycles. The van der Waals surface area contributed by atoms with Crippen LogP contribution in [0.3, 0.4) is 0 Å². The van der Waals surface area contributed by atoms with Crippen LogP contribution in [0.4, 0.5) is 5.69 Å². The summed E-state index contributed by atoms with van der Waals surface area (Å²) in [4.78, 5) is 13.9. The number of carbonyl (C=O) groups excluding carboxylic acids is 1. The van der Waals surface area contributed by atoms with E-state index < -0.39 is 0 Å². The fraction of sp³-hybridized carbons (Fsp3) is 0.192. The number of anilines is 1. The second-order valence-corrected chi connectivity index (χ2v) is 8.62. The van der Waals surface area contributed by atoms with Crippen LogP contribution in [-0.4, -0.2) is 20.1 Å². The number of hydrogen-bond donors (Lipinski definition) is 1. The van der Waals surface area contributed by atoms with Crippen molar-refractivity contribution in [1.82, 2.24) is 0 Å². The van der Waals surface area contributed by atoms with Crippen molar-refractivity contribution in [1.29, 1.82) is 0 Å². The maximum absolute atomic E-state index is 12.8. The molecule has 0 bridgehead atoms. The first kappa shape index (κ1) is 20.4. The minimum Gasteiger partial charge on any atom is -0.493 e. The lowest BCUT2D eigenvalue weighted by atomic mass is 9.96. The molecule has 2 aromatic heterocycles. The van der Waals surface area contributed by atoms with Gasteiger partial charge in [-0.3, -0.25) is 4.79 Å². The molecule has 0 spiro atoms. The highest BCUT2D eigenvalue weighted by Gasteiger charge is 2.28. The van der Waals surface area contributed by atoms with Gasteiger partial charge in [0.1, 0.15) is 11.3 Å². The van der Waals surface area contributed by atoms with Crippen LogP contribution in [-0.2, 0) is 11.2 Å². The maximum Gasteiger partial charge on any atom is 0.256 e. The molecule has 1 aliphatic rings. The number of aryl methyl sites for hydroxylation is 2. The van der Waals surface area contributed by atoms with Gasteiger partial charge in [-0.1, -0.05) is 19.1 Å². The number of ether oxygens (including phenoxy) is 2. The molecule has 6 heteroatoms. The lowest BCUT2D eigenvalue weighted by Crippen LogP contribution is -2.03. The van der Waals surface area contributed by atoms with E-state index in [1.54, 1.807) is 25.6 Å². The van der Waals surface area contributed by atoms with Gasteiger partial charge in [-0.25, -0.2) is 0 Å². The zero-order valence-corrected chi connectivity index (χ0v) is 19.2. The van der Waals surface area contributed by atoms with E-state index in [-0.39, 0.29) is 5.91 Å². The molecule has 5 rings (SSSR count). The first-order valence-electron chi connectivity index (χ1n) is 10.4. The summed E-state index contributed by atoms with van der Waals surface area (Å²) in [5, 5.41) is 5.97. The smallest absolute Gasteiger partial charge is 0.256 e. The summed E-state index contributed by atoms with van der Waals surface area (Å²) in [6, 6.07) is 11.9. The molecule has 5 nitrogen and oxygen atoms in total. The average molecular weight is 446 g/mol. The molecular formula is C26H23NO4S. The first-order chi connectivity index (χ1) is 15.5. The van der Waals surface area contributed by atoms with Crippen LogP contribution in [0.25, 0.3) is 33.7 Å². The van der Waals surface area contributed by atoms with Crippen molar-refractivity contribution in [3.63, 3.8) is 0 Å². The van der Waals surface area contributed by atoms with Gasteiger partial charge in [-0.15, -0.1) is 11.3 Å². The first-order valence-corrected chi connectivity index (χ1v) is 11.3. The molecule has 0 unspecified atom stereocenters. The molecule has 0 saturated heterocycles. The van der Waals surface area contributed by atoms with Crippen molar-refractivity contribution in [3.8, 4) is 22.6 Å². The largest absolute Gasteiger partial charge is 0.493 e. The number of hydrogen-bond acceptors (Lipinski definition) is 5. The predicted octanol–water partition coefficient (Wildman–Crippen LogP) is 6.54. The lowest BCUT2D eigenvalue weighted by Gasteiger charge is -2.13. The second-order valence-electron chi connectivity index (χ2n) is 7.67. The fourth-order valence-electron chi connectivity index (χ4n) is 4.27. The third-order valence-corrected chi connectivity index (χ3v) is 6.82. The Bertz CT molecular complexity index is 1390. The summed E-state index contributed by atoms with van der Waals surface area (Å²) in [6.45, 7) is 4.12. The summed E-state index contributed by atoms with van der Waals surface area (Å²) < 4.78 is 17.5. The van der Waals surface area contributed by atoms with Gasteiger partial charge in [0.25, 0.3) is 5.91 Å². The van der Waals surface area contributed by atoms with E-state index in [9.17, 15) is 4.79 Å². The Morgan fingerprint density at radius 1 is 1.12 bits per heavy atom. The van der Waals surface area contributed by atoms with Crippen molar-refractivity contribution in [2.45, 2.75) is 20.3 Å². The standard InChI is InChI=1S/C26H23NO4S/c1-5-20-24(15-7-6-8-21(29-3)25(15)30-4)18-11-16-17(12-23-14(2)9-10-32-23)26(28)27-19(16)13-22(18)31-20/h6-13H,5H2,1-4H3,(H,27,28)/b17-12-. The quantitative estimate of drug-likeness (QED) is 0.354. The number of fused-ring (bicyclic) bond motifs is 2. The highest BCUT2D eigenvalue weighted by atomic mass is 32.1. The zero-order chi connectivity index (χ0) is 22.4. The molecule has 0 atom stereocenters. The van der Waals surface area contributed by atoms with Crippen molar-refractivity contribution < 1.29 is 18.7 Å². The van der Waals surface area contributed by atoms with E-state index in [2.05, 4.69) is 25.2 Å². The van der Waals surface area contributed by atoms with Crippen LogP contribution in [0.2, 0.25) is 0 Å². The summed E-state index contributed by atoms with van der Waals surface area (Å²) in [5.74, 6) is 2.08. The SMILES string of the molecule is CCc1oc2cc3c(cc2c1-c1cccc(OC)c1OC)/C(=C/c1sccc1C)C(=O)N3. The molecule has 0 aliphatic carbocycles. The Morgan fingerprint density at radius 2 is 1.97 bits per heavy atom. The molecule has 0 fully saturated rings. The highest BCUT2D eigenvalue weighted by Crippen LogP contribution is 2.46. The predicted molar refractivity (Wildman–Crippen MR) is 130 cm³/mol. The second kappa shape index (κ2) is 7.88. The number of furan rings is 1. The normalized spacial score (nSPS) is 14.1. The third kappa shape index (κ3) is 3.10. The van der Waals surface area contributed by atoms with Gasteiger partial charge in [-0.05, 0) is 42.1 Å². The Balaban J connectivity index is 1.77. The van der Waals surface area contributed by atoms with Gasteiger partial charge in [0.05, 0.1) is 25.5 Å². The number of benzene rings is 2. The van der Waals surface area contributed by atoms with Gasteiger partial charge < -0.3 is 19.2 Å². The van der Waals surface area contributed by atoms with Crippen LogP contribution >= 0.6 is 11.3 Å². The highest BCUT2D eigenvalue weighted by molar-refractivity contribution is 7.11. The van der Waals surface area contributed by atoms with Crippen molar-refractivity contribution >= 4 is 45.5 Å². The number of carbonyl (C=O) groups is 1. The molecule has 1 N–H and O–H groups in total. The summed E-state index contributed by atoms with van der Waals surface area (Å²) in [6.07, 6.45) is 2.69. The van der Waals surface area contributed by atoms with Gasteiger partial charge in [-0.2, -0.15) is 0 Å². The summed E-state index contributed by atoms with van der Waals surface area (Å²) >= 11 is 1.63. The van der Waals surface area contributed by atoms with Gasteiger partial charge in [0, 0.05) is 39.4 Å². The van der Waals surface area contributed by atoms with Crippen LogP contribution in [0.1, 0.15) is 28.7 Å². The summed E-state index contributed by atoms with van der Waals surface area (Å²) in [5.41, 5.74) is 6.06. The number of para-hydroxylation sites is 1. The lowest BCUT2D eigenvalue weighted by molar-refractivity contribution is -0.110. The zero-order valence-electron chi connectivity index (χ0n) is 18.4. The van der Waals surface area contributed by atoms with Gasteiger partial charge in [0.2, 0.25) is 0 Å². The Hall–Kier alpha value is -3.51. The topological polar surface area (TPSA) is 60.7 Å². The summed E-state index contributed by atoms with van der Waals surface area (Å²) in [7, 11) is 3.27. The van der Waals surface area contributed by atoms with Crippen LogP contribution < -0.4 is 14.8 Å². The minimum atomic E-state index is -0.100. The molecule has 32 heavy (non-hydrogen) atoms.